The molecule has 0 radical (unpaired) electrons. The number of hydrogen-bond donors (Lipinski definition) is 2. The van der Waals surface area contributed by atoms with E-state index in [0.717, 1.165) is 0 Å². The molecule has 0 saturated carbocycles. The van der Waals surface area contributed by atoms with Crippen molar-refractivity contribution in [3.63, 3.8) is 0 Å². The number of esters is 2. The SMILES string of the molecule is O=C(O)CCCCCOC(=O)CCCOC(=O)CCCO. The fourth-order valence-electron chi connectivity index (χ4n) is 1.51. The van der Waals surface area contributed by atoms with Gasteiger partial charge in [-0.2, -0.15) is 0 Å². The van der Waals surface area contributed by atoms with Crippen molar-refractivity contribution in [3.05, 3.63) is 0 Å². The number of hydrogen-bond acceptors (Lipinski definition) is 6. The molecule has 0 aliphatic heterocycles. The molecular weight excluding hydrogens is 280 g/mol. The highest BCUT2D eigenvalue weighted by Crippen LogP contribution is 2.02. The van der Waals surface area contributed by atoms with E-state index in [1.54, 1.807) is 0 Å². The highest BCUT2D eigenvalue weighted by molar-refractivity contribution is 5.70. The van der Waals surface area contributed by atoms with Gasteiger partial charge in [0.25, 0.3) is 0 Å². The summed E-state index contributed by atoms with van der Waals surface area (Å²) in [5.41, 5.74) is 0. The molecule has 21 heavy (non-hydrogen) atoms. The monoisotopic (exact) mass is 304 g/mol. The van der Waals surface area contributed by atoms with Crippen LogP contribution >= 0.6 is 0 Å². The summed E-state index contributed by atoms with van der Waals surface area (Å²) < 4.78 is 9.82. The van der Waals surface area contributed by atoms with E-state index in [1.165, 1.54) is 0 Å². The quantitative estimate of drug-likeness (QED) is 0.389. The number of aliphatic hydroxyl groups excluding tert-OH is 1. The van der Waals surface area contributed by atoms with Crippen molar-refractivity contribution in [1.29, 1.82) is 0 Å². The van der Waals surface area contributed by atoms with Gasteiger partial charge < -0.3 is 19.7 Å². The summed E-state index contributed by atoms with van der Waals surface area (Å²) in [5.74, 6) is -1.55. The first kappa shape index (κ1) is 19.4. The van der Waals surface area contributed by atoms with Gasteiger partial charge in [-0.25, -0.2) is 0 Å². The second kappa shape index (κ2) is 13.4. The highest BCUT2D eigenvalue weighted by Gasteiger charge is 2.05. The molecule has 0 spiro atoms. The molecule has 0 unspecified atom stereocenters. The van der Waals surface area contributed by atoms with Crippen LogP contribution in [0.15, 0.2) is 0 Å². The Morgan fingerprint density at radius 2 is 1.29 bits per heavy atom. The second-order valence-corrected chi connectivity index (χ2v) is 4.58. The molecule has 0 aliphatic rings. The standard InChI is InChI=1S/C14H24O7/c15-9-4-7-13(18)21-11-5-8-14(19)20-10-3-1-2-6-12(16)17/h15H,1-11H2,(H,16,17). The van der Waals surface area contributed by atoms with Gasteiger partial charge in [0.2, 0.25) is 0 Å². The minimum absolute atomic E-state index is 0.0477. The Hall–Kier alpha value is -1.63. The lowest BCUT2D eigenvalue weighted by atomic mass is 10.2. The van der Waals surface area contributed by atoms with Crippen molar-refractivity contribution in [1.82, 2.24) is 0 Å². The maximum atomic E-state index is 11.3. The molecule has 0 aromatic heterocycles. The molecule has 0 aromatic carbocycles. The summed E-state index contributed by atoms with van der Waals surface area (Å²) in [4.78, 5) is 32.6. The Balaban J connectivity index is 3.34. The largest absolute Gasteiger partial charge is 0.481 e. The van der Waals surface area contributed by atoms with Gasteiger partial charge in [-0.15, -0.1) is 0 Å². The van der Waals surface area contributed by atoms with Crippen LogP contribution in [0.3, 0.4) is 0 Å². The number of unbranched alkanes of at least 4 members (excludes halogenated alkanes) is 2. The molecule has 0 aliphatic carbocycles. The average molecular weight is 304 g/mol. The van der Waals surface area contributed by atoms with Crippen molar-refractivity contribution in [2.75, 3.05) is 19.8 Å². The van der Waals surface area contributed by atoms with Gasteiger partial charge >= 0.3 is 17.9 Å². The first-order valence-corrected chi connectivity index (χ1v) is 7.20. The molecule has 0 amide bonds. The number of carbonyl (C=O) groups is 3. The number of carboxylic acids is 1. The molecule has 0 saturated heterocycles. The van der Waals surface area contributed by atoms with Gasteiger partial charge in [0.05, 0.1) is 13.2 Å². The normalized spacial score (nSPS) is 10.1. The van der Waals surface area contributed by atoms with Gasteiger partial charge in [0.15, 0.2) is 0 Å². The molecule has 2 N–H and O–H groups in total. The van der Waals surface area contributed by atoms with Gasteiger partial charge in [-0.1, -0.05) is 0 Å². The summed E-state index contributed by atoms with van der Waals surface area (Å²) >= 11 is 0. The third-order valence-electron chi connectivity index (χ3n) is 2.63. The summed E-state index contributed by atoms with van der Waals surface area (Å²) in [6.07, 6.45) is 3.22. The van der Waals surface area contributed by atoms with Crippen molar-refractivity contribution in [3.8, 4) is 0 Å². The first-order valence-electron chi connectivity index (χ1n) is 7.20. The van der Waals surface area contributed by atoms with Gasteiger partial charge in [0.1, 0.15) is 0 Å². The van der Waals surface area contributed by atoms with Gasteiger partial charge in [-0.05, 0) is 32.1 Å². The van der Waals surface area contributed by atoms with E-state index in [-0.39, 0.29) is 51.0 Å². The predicted molar refractivity (Wildman–Crippen MR) is 73.6 cm³/mol. The van der Waals surface area contributed by atoms with Crippen molar-refractivity contribution in [2.45, 2.75) is 51.4 Å². The maximum Gasteiger partial charge on any atom is 0.305 e. The second-order valence-electron chi connectivity index (χ2n) is 4.58. The number of aliphatic carboxylic acids is 1. The van der Waals surface area contributed by atoms with E-state index < -0.39 is 5.97 Å². The Bertz CT molecular complexity index is 314. The molecule has 122 valence electrons. The Morgan fingerprint density at radius 3 is 1.86 bits per heavy atom. The molecule has 0 aromatic rings. The maximum absolute atomic E-state index is 11.3. The zero-order valence-electron chi connectivity index (χ0n) is 12.2. The summed E-state index contributed by atoms with van der Waals surface area (Å²) in [6.45, 7) is 0.403. The van der Waals surface area contributed by atoms with Crippen molar-refractivity contribution in [2.24, 2.45) is 0 Å². The van der Waals surface area contributed by atoms with Crippen molar-refractivity contribution < 1.29 is 34.1 Å². The van der Waals surface area contributed by atoms with E-state index in [4.69, 9.17) is 19.7 Å². The zero-order valence-corrected chi connectivity index (χ0v) is 12.2. The Morgan fingerprint density at radius 1 is 0.714 bits per heavy atom. The lowest BCUT2D eigenvalue weighted by Gasteiger charge is -2.05. The van der Waals surface area contributed by atoms with Crippen LogP contribution in [-0.2, 0) is 23.9 Å². The fourth-order valence-corrected chi connectivity index (χ4v) is 1.51. The van der Waals surface area contributed by atoms with Crippen LogP contribution in [0.5, 0.6) is 0 Å². The predicted octanol–water partition coefficient (Wildman–Crippen LogP) is 1.27. The Labute approximate surface area is 124 Å². The number of ether oxygens (including phenoxy) is 2. The van der Waals surface area contributed by atoms with E-state index >= 15 is 0 Å². The third kappa shape index (κ3) is 14.6. The highest BCUT2D eigenvalue weighted by atomic mass is 16.5. The fraction of sp³-hybridized carbons (Fsp3) is 0.786. The summed E-state index contributed by atoms with van der Waals surface area (Å²) in [6, 6.07) is 0. The molecule has 0 rings (SSSR count). The molecule has 7 heteroatoms. The van der Waals surface area contributed by atoms with Crippen LogP contribution in [0.4, 0.5) is 0 Å². The van der Waals surface area contributed by atoms with Crippen LogP contribution < -0.4 is 0 Å². The van der Waals surface area contributed by atoms with Gasteiger partial charge in [0, 0.05) is 25.9 Å². The average Bonchev–Trinajstić information content (AvgIpc) is 2.44. The zero-order chi connectivity index (χ0) is 15.9. The molecule has 0 atom stereocenters. The molecule has 0 fully saturated rings. The molecule has 7 nitrogen and oxygen atoms in total. The molecule has 0 bridgehead atoms. The number of rotatable bonds is 13. The van der Waals surface area contributed by atoms with Gasteiger partial charge in [-0.3, -0.25) is 14.4 Å². The third-order valence-corrected chi connectivity index (χ3v) is 2.63. The number of carboxylic acid groups (broad SMARTS) is 1. The van der Waals surface area contributed by atoms with Crippen LogP contribution in [0.2, 0.25) is 0 Å². The number of aliphatic hydroxyl groups is 1. The summed E-state index contributed by atoms with van der Waals surface area (Å²) in [7, 11) is 0. The van der Waals surface area contributed by atoms with E-state index in [9.17, 15) is 14.4 Å². The molecular formula is C14H24O7. The van der Waals surface area contributed by atoms with Crippen LogP contribution in [-0.4, -0.2) is 47.9 Å². The smallest absolute Gasteiger partial charge is 0.305 e. The van der Waals surface area contributed by atoms with Crippen molar-refractivity contribution >= 4 is 17.9 Å². The van der Waals surface area contributed by atoms with E-state index in [1.807, 2.05) is 0 Å². The summed E-state index contributed by atoms with van der Waals surface area (Å²) in [5, 5.41) is 17.0. The van der Waals surface area contributed by atoms with E-state index in [0.29, 0.717) is 32.1 Å². The lowest BCUT2D eigenvalue weighted by Crippen LogP contribution is -2.10. The first-order chi connectivity index (χ1) is 10.1. The number of carbonyl (C=O) groups excluding carboxylic acids is 2. The topological polar surface area (TPSA) is 110 Å². The minimum Gasteiger partial charge on any atom is -0.481 e. The van der Waals surface area contributed by atoms with E-state index in [2.05, 4.69) is 0 Å². The Kier molecular flexibility index (Phi) is 12.3. The van der Waals surface area contributed by atoms with Crippen LogP contribution in [0.25, 0.3) is 0 Å². The van der Waals surface area contributed by atoms with Crippen LogP contribution in [0, 0.1) is 0 Å². The lowest BCUT2D eigenvalue weighted by molar-refractivity contribution is -0.147. The minimum atomic E-state index is -0.819. The molecule has 0 heterocycles. The van der Waals surface area contributed by atoms with Crippen LogP contribution in [0.1, 0.15) is 51.4 Å².